The van der Waals surface area contributed by atoms with E-state index >= 15 is 0 Å². The summed E-state index contributed by atoms with van der Waals surface area (Å²) >= 11 is 4.92. The monoisotopic (exact) mass is 206 g/mol. The molecule has 0 radical (unpaired) electrons. The minimum Gasteiger partial charge on any atom is -0.326 e. The van der Waals surface area contributed by atoms with Crippen LogP contribution in [0.4, 0.5) is 0 Å². The molecule has 0 aliphatic heterocycles. The molecule has 0 saturated heterocycles. The van der Waals surface area contributed by atoms with Gasteiger partial charge < -0.3 is 5.73 Å². The van der Waals surface area contributed by atoms with Crippen LogP contribution in [0.1, 0.15) is 5.56 Å². The summed E-state index contributed by atoms with van der Waals surface area (Å²) in [5.74, 6) is 0. The number of nitrogens with zero attached hydrogens (tertiary/aromatic N) is 1. The Balaban J connectivity index is 2.99. The summed E-state index contributed by atoms with van der Waals surface area (Å²) in [5, 5.41) is 1.09. The fourth-order valence-electron chi connectivity index (χ4n) is 0.772. The van der Waals surface area contributed by atoms with Gasteiger partial charge in [0.2, 0.25) is 0 Å². The highest BCUT2D eigenvalue weighted by atomic mass is 32.2. The number of nitrogens with two attached hydrogens (primary N) is 1. The zero-order chi connectivity index (χ0) is 8.27. The normalized spacial score (nSPS) is 10.5. The van der Waals surface area contributed by atoms with E-state index < -0.39 is 0 Å². The van der Waals surface area contributed by atoms with Gasteiger partial charge in [-0.1, -0.05) is 0 Å². The first-order valence-electron chi connectivity index (χ1n) is 3.10. The van der Waals surface area contributed by atoms with E-state index in [1.165, 1.54) is 21.3 Å². The van der Waals surface area contributed by atoms with Crippen LogP contribution < -0.4 is 5.73 Å². The van der Waals surface area contributed by atoms with Crippen LogP contribution in [0.25, 0.3) is 0 Å². The van der Waals surface area contributed by atoms with Crippen LogP contribution in [0.5, 0.6) is 0 Å². The highest BCUT2D eigenvalue weighted by Gasteiger charge is 2.09. The molecule has 5 heteroatoms. The third kappa shape index (κ3) is 1.90. The van der Waals surface area contributed by atoms with Crippen LogP contribution in [-0.4, -0.2) is 16.9 Å². The quantitative estimate of drug-likeness (QED) is 0.768. The molecule has 2 nitrogen and oxygen atoms in total. The van der Waals surface area contributed by atoms with Crippen LogP contribution >= 0.6 is 35.1 Å². The standard InChI is InChI=1S/C6H10N2S3/c1-9-5-4(3-7)6(10-2)11-8-5/h3,7H2,1-2H3. The summed E-state index contributed by atoms with van der Waals surface area (Å²) in [7, 11) is 0. The smallest absolute Gasteiger partial charge is 0.115 e. The van der Waals surface area contributed by atoms with E-state index in [9.17, 15) is 0 Å². The summed E-state index contributed by atoms with van der Waals surface area (Å²) in [5.41, 5.74) is 6.79. The fraction of sp³-hybridized carbons (Fsp3) is 0.500. The number of thioether (sulfide) groups is 2. The molecule has 2 N–H and O–H groups in total. The van der Waals surface area contributed by atoms with Gasteiger partial charge in [0.1, 0.15) is 5.03 Å². The van der Waals surface area contributed by atoms with Crippen molar-refractivity contribution < 1.29 is 0 Å². The summed E-state index contributed by atoms with van der Waals surface area (Å²) in [4.78, 5) is 0. The van der Waals surface area contributed by atoms with Crippen molar-refractivity contribution in [3.05, 3.63) is 5.56 Å². The third-order valence-corrected chi connectivity index (χ3v) is 4.17. The molecule has 0 bridgehead atoms. The van der Waals surface area contributed by atoms with Crippen LogP contribution in [0.15, 0.2) is 9.24 Å². The molecule has 11 heavy (non-hydrogen) atoms. The largest absolute Gasteiger partial charge is 0.326 e. The van der Waals surface area contributed by atoms with Crippen molar-refractivity contribution in [2.45, 2.75) is 15.8 Å². The van der Waals surface area contributed by atoms with Crippen LogP contribution in [0, 0.1) is 0 Å². The lowest BCUT2D eigenvalue weighted by molar-refractivity contribution is 0.988. The van der Waals surface area contributed by atoms with Crippen LogP contribution in [0.2, 0.25) is 0 Å². The second kappa shape index (κ2) is 4.35. The molecule has 0 aliphatic carbocycles. The Hall–Kier alpha value is 0.290. The zero-order valence-corrected chi connectivity index (χ0v) is 8.91. The van der Waals surface area contributed by atoms with Gasteiger partial charge in [0, 0.05) is 12.1 Å². The lowest BCUT2D eigenvalue weighted by atomic mass is 10.4. The zero-order valence-electron chi connectivity index (χ0n) is 6.46. The van der Waals surface area contributed by atoms with E-state index in [4.69, 9.17) is 5.73 Å². The second-order valence-electron chi connectivity index (χ2n) is 1.87. The van der Waals surface area contributed by atoms with Crippen molar-refractivity contribution >= 4 is 35.1 Å². The Kier molecular flexibility index (Phi) is 3.71. The molecule has 0 amide bonds. The Morgan fingerprint density at radius 1 is 1.45 bits per heavy atom. The first kappa shape index (κ1) is 9.38. The predicted octanol–water partition coefficient (Wildman–Crippen LogP) is 2.05. The van der Waals surface area contributed by atoms with Crippen molar-refractivity contribution in [2.24, 2.45) is 5.73 Å². The highest BCUT2D eigenvalue weighted by molar-refractivity contribution is 8.01. The molecular weight excluding hydrogens is 196 g/mol. The molecule has 0 aromatic carbocycles. The third-order valence-electron chi connectivity index (χ3n) is 1.30. The highest BCUT2D eigenvalue weighted by Crippen LogP contribution is 2.31. The summed E-state index contributed by atoms with van der Waals surface area (Å²) in [6, 6.07) is 0. The second-order valence-corrected chi connectivity index (χ2v) is 4.51. The van der Waals surface area contributed by atoms with Crippen molar-refractivity contribution in [3.63, 3.8) is 0 Å². The van der Waals surface area contributed by atoms with Crippen molar-refractivity contribution in [1.29, 1.82) is 0 Å². The Morgan fingerprint density at radius 2 is 2.18 bits per heavy atom. The van der Waals surface area contributed by atoms with Crippen molar-refractivity contribution in [3.8, 4) is 0 Å². The number of aromatic nitrogens is 1. The molecular formula is C6H10N2S3. The maximum atomic E-state index is 5.59. The molecule has 0 aliphatic rings. The summed E-state index contributed by atoms with van der Waals surface area (Å²) in [6.45, 7) is 0.600. The Morgan fingerprint density at radius 3 is 2.64 bits per heavy atom. The Bertz CT molecular complexity index is 212. The molecule has 0 unspecified atom stereocenters. The topological polar surface area (TPSA) is 38.9 Å². The maximum absolute atomic E-state index is 5.59. The van der Waals surface area contributed by atoms with Gasteiger partial charge in [-0.2, -0.15) is 4.37 Å². The number of hydrogen-bond donors (Lipinski definition) is 1. The maximum Gasteiger partial charge on any atom is 0.115 e. The summed E-state index contributed by atoms with van der Waals surface area (Å²) < 4.78 is 5.53. The molecule has 1 aromatic heterocycles. The van der Waals surface area contributed by atoms with E-state index in [0.717, 1.165) is 5.03 Å². The molecule has 0 fully saturated rings. The van der Waals surface area contributed by atoms with Crippen LogP contribution in [-0.2, 0) is 6.54 Å². The van der Waals surface area contributed by atoms with Gasteiger partial charge in [-0.15, -0.1) is 23.5 Å². The van der Waals surface area contributed by atoms with Crippen molar-refractivity contribution in [1.82, 2.24) is 4.37 Å². The summed E-state index contributed by atoms with van der Waals surface area (Å²) in [6.07, 6.45) is 4.08. The first-order valence-corrected chi connectivity index (χ1v) is 6.32. The van der Waals surface area contributed by atoms with Gasteiger partial charge in [0.15, 0.2) is 0 Å². The van der Waals surface area contributed by atoms with Crippen LogP contribution in [0.3, 0.4) is 0 Å². The van der Waals surface area contributed by atoms with Gasteiger partial charge in [0.05, 0.1) is 4.21 Å². The number of rotatable bonds is 3. The molecule has 1 rings (SSSR count). The molecule has 1 aromatic rings. The van der Waals surface area contributed by atoms with Gasteiger partial charge in [-0.3, -0.25) is 0 Å². The van der Waals surface area contributed by atoms with Crippen molar-refractivity contribution in [2.75, 3.05) is 12.5 Å². The average Bonchev–Trinajstić information content (AvgIpc) is 2.45. The molecule has 0 saturated carbocycles. The number of hydrogen-bond acceptors (Lipinski definition) is 5. The SMILES string of the molecule is CSc1nsc(SC)c1CN. The minimum absolute atomic E-state index is 0.600. The lowest BCUT2D eigenvalue weighted by Crippen LogP contribution is -1.97. The fourth-order valence-corrected chi connectivity index (χ4v) is 3.15. The van der Waals surface area contributed by atoms with E-state index in [1.54, 1.807) is 23.5 Å². The molecule has 1 heterocycles. The van der Waals surface area contributed by atoms with E-state index in [0.29, 0.717) is 6.54 Å². The van der Waals surface area contributed by atoms with Gasteiger partial charge in [-0.25, -0.2) is 0 Å². The average molecular weight is 206 g/mol. The minimum atomic E-state index is 0.600. The Labute approximate surface area is 79.1 Å². The van der Waals surface area contributed by atoms with E-state index in [-0.39, 0.29) is 0 Å². The molecule has 0 spiro atoms. The first-order chi connectivity index (χ1) is 5.33. The lowest BCUT2D eigenvalue weighted by Gasteiger charge is -1.96. The van der Waals surface area contributed by atoms with E-state index in [1.807, 2.05) is 6.26 Å². The van der Waals surface area contributed by atoms with Gasteiger partial charge in [-0.05, 0) is 24.0 Å². The van der Waals surface area contributed by atoms with E-state index in [2.05, 4.69) is 10.6 Å². The van der Waals surface area contributed by atoms with Gasteiger partial charge >= 0.3 is 0 Å². The van der Waals surface area contributed by atoms with Gasteiger partial charge in [0.25, 0.3) is 0 Å². The molecule has 0 atom stereocenters. The molecule has 62 valence electrons. The predicted molar refractivity (Wildman–Crippen MR) is 53.6 cm³/mol.